The number of nitrogens with one attached hydrogen (secondary N) is 1. The fourth-order valence-electron chi connectivity index (χ4n) is 2.12. The second kappa shape index (κ2) is 8.07. The number of hydrogen-bond acceptors (Lipinski definition) is 5. The molecule has 0 aromatic carbocycles. The maximum absolute atomic E-state index is 10.1. The van der Waals surface area contributed by atoms with E-state index in [0.717, 1.165) is 39.1 Å². The zero-order chi connectivity index (χ0) is 13.4. The predicted octanol–water partition coefficient (Wildman–Crippen LogP) is -0.180. The second-order valence-corrected chi connectivity index (χ2v) is 5.13. The Labute approximate surface area is 110 Å². The summed E-state index contributed by atoms with van der Waals surface area (Å²) in [5.41, 5.74) is -0.640. The van der Waals surface area contributed by atoms with Crippen LogP contribution in [0.2, 0.25) is 0 Å². The molecule has 18 heavy (non-hydrogen) atoms. The van der Waals surface area contributed by atoms with Gasteiger partial charge in [0, 0.05) is 32.7 Å². The Morgan fingerprint density at radius 2 is 1.89 bits per heavy atom. The Morgan fingerprint density at radius 1 is 1.28 bits per heavy atom. The Bertz CT molecular complexity index is 216. The molecule has 5 heteroatoms. The first-order valence-electron chi connectivity index (χ1n) is 7.01. The largest absolute Gasteiger partial charge is 0.390 e. The summed E-state index contributed by atoms with van der Waals surface area (Å²) in [6.45, 7) is 9.00. The molecule has 1 fully saturated rings. The van der Waals surface area contributed by atoms with Crippen LogP contribution in [0.3, 0.4) is 0 Å². The Morgan fingerprint density at radius 3 is 2.44 bits per heavy atom. The van der Waals surface area contributed by atoms with E-state index in [1.807, 2.05) is 13.8 Å². The highest BCUT2D eigenvalue weighted by Gasteiger charge is 2.22. The SMILES string of the molecule is CCC(O)(CC)CNCC(O)CN1CCOCC1. The number of nitrogens with zero attached hydrogens (tertiary/aromatic N) is 1. The van der Waals surface area contributed by atoms with Crippen LogP contribution in [-0.4, -0.2) is 72.8 Å². The number of aliphatic hydroxyl groups excluding tert-OH is 1. The van der Waals surface area contributed by atoms with Crippen LogP contribution < -0.4 is 5.32 Å². The van der Waals surface area contributed by atoms with E-state index in [1.165, 1.54) is 0 Å². The molecular formula is C13H28N2O3. The van der Waals surface area contributed by atoms with Crippen molar-refractivity contribution in [1.29, 1.82) is 0 Å². The first kappa shape index (κ1) is 15.9. The molecule has 1 atom stereocenters. The van der Waals surface area contributed by atoms with Gasteiger partial charge in [-0.1, -0.05) is 13.8 Å². The van der Waals surface area contributed by atoms with Crippen molar-refractivity contribution in [2.45, 2.75) is 38.4 Å². The third-order valence-electron chi connectivity index (χ3n) is 3.72. The number of rotatable bonds is 8. The van der Waals surface area contributed by atoms with Crippen LogP contribution in [-0.2, 0) is 4.74 Å². The lowest BCUT2D eigenvalue weighted by molar-refractivity contribution is 0.00947. The Kier molecular flexibility index (Phi) is 7.11. The van der Waals surface area contributed by atoms with Gasteiger partial charge in [0.2, 0.25) is 0 Å². The first-order valence-corrected chi connectivity index (χ1v) is 7.01. The van der Waals surface area contributed by atoms with Crippen LogP contribution in [0.15, 0.2) is 0 Å². The van der Waals surface area contributed by atoms with Crippen molar-refractivity contribution in [3.63, 3.8) is 0 Å². The minimum absolute atomic E-state index is 0.388. The first-order chi connectivity index (χ1) is 8.59. The Hall–Kier alpha value is -0.200. The molecule has 0 aromatic rings. The lowest BCUT2D eigenvalue weighted by Gasteiger charge is -2.30. The standard InChI is InChI=1S/C13H28N2O3/c1-3-13(17,4-2)11-14-9-12(16)10-15-5-7-18-8-6-15/h12,14,16-17H,3-11H2,1-2H3. The van der Waals surface area contributed by atoms with Crippen molar-refractivity contribution in [2.24, 2.45) is 0 Å². The molecule has 108 valence electrons. The summed E-state index contributed by atoms with van der Waals surface area (Å²) in [5, 5.41) is 23.2. The normalized spacial score (nSPS) is 20.0. The van der Waals surface area contributed by atoms with Gasteiger partial charge in [-0.2, -0.15) is 0 Å². The molecule has 0 amide bonds. The molecule has 0 aliphatic carbocycles. The van der Waals surface area contributed by atoms with Gasteiger partial charge in [0.15, 0.2) is 0 Å². The molecule has 0 aromatic heterocycles. The summed E-state index contributed by atoms with van der Waals surface area (Å²) in [4.78, 5) is 2.21. The maximum Gasteiger partial charge on any atom is 0.0791 e. The highest BCUT2D eigenvalue weighted by atomic mass is 16.5. The van der Waals surface area contributed by atoms with Gasteiger partial charge in [0.05, 0.1) is 24.9 Å². The molecule has 5 nitrogen and oxygen atoms in total. The van der Waals surface area contributed by atoms with Crippen molar-refractivity contribution < 1.29 is 14.9 Å². The molecule has 1 unspecified atom stereocenters. The summed E-state index contributed by atoms with van der Waals surface area (Å²) in [6.07, 6.45) is 1.08. The van der Waals surface area contributed by atoms with Gasteiger partial charge in [-0.15, -0.1) is 0 Å². The van der Waals surface area contributed by atoms with Crippen molar-refractivity contribution >= 4 is 0 Å². The summed E-state index contributed by atoms with van der Waals surface area (Å²) >= 11 is 0. The number of aliphatic hydroxyl groups is 2. The van der Waals surface area contributed by atoms with Crippen LogP contribution in [0.5, 0.6) is 0 Å². The van der Waals surface area contributed by atoms with Gasteiger partial charge in [-0.25, -0.2) is 0 Å². The smallest absolute Gasteiger partial charge is 0.0791 e. The fourth-order valence-corrected chi connectivity index (χ4v) is 2.12. The number of hydrogen-bond donors (Lipinski definition) is 3. The van der Waals surface area contributed by atoms with Gasteiger partial charge in [0.1, 0.15) is 0 Å². The van der Waals surface area contributed by atoms with Crippen LogP contribution in [0.25, 0.3) is 0 Å². The molecule has 1 heterocycles. The molecular weight excluding hydrogens is 232 g/mol. The minimum Gasteiger partial charge on any atom is -0.390 e. The molecule has 1 rings (SSSR count). The summed E-state index contributed by atoms with van der Waals surface area (Å²) in [6, 6.07) is 0. The van der Waals surface area contributed by atoms with E-state index in [0.29, 0.717) is 19.6 Å². The van der Waals surface area contributed by atoms with Crippen molar-refractivity contribution in [2.75, 3.05) is 45.9 Å². The topological polar surface area (TPSA) is 65.0 Å². The van der Waals surface area contributed by atoms with Gasteiger partial charge in [-0.05, 0) is 12.8 Å². The number of ether oxygens (including phenoxy) is 1. The number of β-amino-alcohol motifs (C(OH)–C–C–N with tert-alkyl or cyclic N) is 1. The highest BCUT2D eigenvalue weighted by Crippen LogP contribution is 2.12. The third kappa shape index (κ3) is 5.63. The van der Waals surface area contributed by atoms with Gasteiger partial charge >= 0.3 is 0 Å². The van der Waals surface area contributed by atoms with Gasteiger partial charge in [-0.3, -0.25) is 4.90 Å². The molecule has 0 saturated carbocycles. The lowest BCUT2D eigenvalue weighted by Crippen LogP contribution is -2.46. The third-order valence-corrected chi connectivity index (χ3v) is 3.72. The van der Waals surface area contributed by atoms with Crippen LogP contribution in [0.4, 0.5) is 0 Å². The van der Waals surface area contributed by atoms with Gasteiger partial charge in [0.25, 0.3) is 0 Å². The van der Waals surface area contributed by atoms with Crippen molar-refractivity contribution in [1.82, 2.24) is 10.2 Å². The zero-order valence-electron chi connectivity index (χ0n) is 11.7. The average Bonchev–Trinajstić information content (AvgIpc) is 2.39. The minimum atomic E-state index is -0.640. The number of morpholine rings is 1. The molecule has 0 spiro atoms. The molecule has 3 N–H and O–H groups in total. The average molecular weight is 260 g/mol. The van der Waals surface area contributed by atoms with Crippen LogP contribution in [0, 0.1) is 0 Å². The quantitative estimate of drug-likeness (QED) is 0.565. The van der Waals surface area contributed by atoms with E-state index in [-0.39, 0.29) is 6.10 Å². The summed E-state index contributed by atoms with van der Waals surface area (Å²) in [5.74, 6) is 0. The molecule has 0 bridgehead atoms. The van der Waals surface area contributed by atoms with Crippen molar-refractivity contribution in [3.8, 4) is 0 Å². The van der Waals surface area contributed by atoms with E-state index in [4.69, 9.17) is 4.74 Å². The summed E-state index contributed by atoms with van der Waals surface area (Å²) in [7, 11) is 0. The fraction of sp³-hybridized carbons (Fsp3) is 1.00. The van der Waals surface area contributed by atoms with Crippen molar-refractivity contribution in [3.05, 3.63) is 0 Å². The highest BCUT2D eigenvalue weighted by molar-refractivity contribution is 4.79. The zero-order valence-corrected chi connectivity index (χ0v) is 11.7. The predicted molar refractivity (Wildman–Crippen MR) is 71.7 cm³/mol. The molecule has 0 radical (unpaired) electrons. The van der Waals surface area contributed by atoms with Crippen LogP contribution in [0.1, 0.15) is 26.7 Å². The molecule has 1 saturated heterocycles. The molecule has 1 aliphatic rings. The van der Waals surface area contributed by atoms with E-state index in [2.05, 4.69) is 10.2 Å². The Balaban J connectivity index is 2.14. The second-order valence-electron chi connectivity index (χ2n) is 5.13. The summed E-state index contributed by atoms with van der Waals surface area (Å²) < 4.78 is 5.26. The lowest BCUT2D eigenvalue weighted by atomic mass is 9.97. The van der Waals surface area contributed by atoms with E-state index >= 15 is 0 Å². The monoisotopic (exact) mass is 260 g/mol. The van der Waals surface area contributed by atoms with Gasteiger partial charge < -0.3 is 20.3 Å². The van der Waals surface area contributed by atoms with Crippen LogP contribution >= 0.6 is 0 Å². The molecule has 1 aliphatic heterocycles. The van der Waals surface area contributed by atoms with E-state index < -0.39 is 5.60 Å². The maximum atomic E-state index is 10.1. The van der Waals surface area contributed by atoms with E-state index in [9.17, 15) is 10.2 Å². The van der Waals surface area contributed by atoms with E-state index in [1.54, 1.807) is 0 Å².